The monoisotopic (exact) mass is 364 g/mol. The fraction of sp³-hybridized carbons (Fsp3) is 0.300. The maximum absolute atomic E-state index is 12.7. The topological polar surface area (TPSA) is 102 Å². The Kier molecular flexibility index (Phi) is 6.50. The highest BCUT2D eigenvalue weighted by Gasteiger charge is 2.27. The minimum Gasteiger partial charge on any atom is -0.330 e. The normalized spacial score (nSPS) is 12.6. The fourth-order valence-electron chi connectivity index (χ4n) is 2.29. The van der Waals surface area contributed by atoms with E-state index in [1.807, 2.05) is 52.1 Å². The predicted molar refractivity (Wildman–Crippen MR) is 106 cm³/mol. The van der Waals surface area contributed by atoms with Gasteiger partial charge in [0.2, 0.25) is 5.96 Å². The Morgan fingerprint density at radius 3 is 2.63 bits per heavy atom. The Hall–Kier alpha value is -3.40. The smallest absolute Gasteiger partial charge is 0.252 e. The van der Waals surface area contributed by atoms with E-state index in [4.69, 9.17) is 5.26 Å². The number of aryl methyl sites for hydroxylation is 1. The van der Waals surface area contributed by atoms with Crippen LogP contribution in [0.15, 0.2) is 53.8 Å². The van der Waals surface area contributed by atoms with Crippen LogP contribution in [0.5, 0.6) is 0 Å². The number of pyridine rings is 1. The number of nitriles is 1. The average molecular weight is 364 g/mol. The Bertz CT molecular complexity index is 849. The first-order chi connectivity index (χ1) is 12.8. The Balaban J connectivity index is 2.26. The highest BCUT2D eigenvalue weighted by Crippen LogP contribution is 2.21. The van der Waals surface area contributed by atoms with Crippen LogP contribution in [0, 0.1) is 23.8 Å². The van der Waals surface area contributed by atoms with Gasteiger partial charge in [0.05, 0.1) is 11.9 Å². The number of carbonyl (C=O) groups excluding carboxylic acids is 1. The number of aliphatic imine (C=N–C) groups is 1. The second kappa shape index (κ2) is 8.81. The predicted octanol–water partition coefficient (Wildman–Crippen LogP) is 3.03. The number of nitrogens with zero attached hydrogens (tertiary/aromatic N) is 3. The molecule has 0 spiro atoms. The number of amides is 1. The van der Waals surface area contributed by atoms with Crippen LogP contribution < -0.4 is 16.0 Å². The first-order valence-electron chi connectivity index (χ1n) is 8.57. The van der Waals surface area contributed by atoms with Crippen molar-refractivity contribution in [2.24, 2.45) is 10.4 Å². The second-order valence-electron chi connectivity index (χ2n) is 7.19. The zero-order chi connectivity index (χ0) is 19.9. The maximum Gasteiger partial charge on any atom is 0.252 e. The quantitative estimate of drug-likeness (QED) is 0.335. The molecular weight excluding hydrogens is 340 g/mol. The minimum atomic E-state index is -0.564. The Morgan fingerprint density at radius 2 is 2.04 bits per heavy atom. The van der Waals surface area contributed by atoms with Crippen LogP contribution in [-0.2, 0) is 0 Å². The third-order valence-corrected chi connectivity index (χ3v) is 3.73. The van der Waals surface area contributed by atoms with Gasteiger partial charge >= 0.3 is 0 Å². The third-order valence-electron chi connectivity index (χ3n) is 3.73. The lowest BCUT2D eigenvalue weighted by atomic mass is 9.92. The second-order valence-corrected chi connectivity index (χ2v) is 7.19. The van der Waals surface area contributed by atoms with Crippen molar-refractivity contribution >= 4 is 17.6 Å². The fourth-order valence-corrected chi connectivity index (χ4v) is 2.29. The summed E-state index contributed by atoms with van der Waals surface area (Å²) in [4.78, 5) is 21.2. The van der Waals surface area contributed by atoms with Crippen molar-refractivity contribution in [3.8, 4) is 6.19 Å². The van der Waals surface area contributed by atoms with Gasteiger partial charge < -0.3 is 10.6 Å². The molecule has 7 nitrogen and oxygen atoms in total. The number of nitrogens with one attached hydrogen (secondary N) is 3. The van der Waals surface area contributed by atoms with Gasteiger partial charge in [-0.25, -0.2) is 4.99 Å². The number of carbonyl (C=O) groups is 1. The van der Waals surface area contributed by atoms with E-state index in [-0.39, 0.29) is 17.3 Å². The molecule has 1 heterocycles. The highest BCUT2D eigenvalue weighted by atomic mass is 16.1. The van der Waals surface area contributed by atoms with Crippen LogP contribution >= 0.6 is 0 Å². The van der Waals surface area contributed by atoms with Crippen molar-refractivity contribution in [3.05, 3.63) is 59.9 Å². The van der Waals surface area contributed by atoms with Gasteiger partial charge in [-0.1, -0.05) is 38.5 Å². The van der Waals surface area contributed by atoms with Gasteiger partial charge in [-0.15, -0.1) is 0 Å². The van der Waals surface area contributed by atoms with Gasteiger partial charge in [-0.05, 0) is 31.2 Å². The summed E-state index contributed by atoms with van der Waals surface area (Å²) < 4.78 is 0. The van der Waals surface area contributed by atoms with Crippen LogP contribution in [0.3, 0.4) is 0 Å². The lowest BCUT2D eigenvalue weighted by Gasteiger charge is -2.29. The molecule has 0 aliphatic carbocycles. The SMILES string of the molecule is Cc1cccc(C(=O)NC(/N=C(\NC#N)Nc2cccnc2)C(C)(C)C)c1. The number of benzene rings is 1. The minimum absolute atomic E-state index is 0.222. The van der Waals surface area contributed by atoms with E-state index in [1.54, 1.807) is 30.6 Å². The van der Waals surface area contributed by atoms with Gasteiger partial charge in [-0.2, -0.15) is 5.26 Å². The standard InChI is InChI=1S/C20H24N6O/c1-14-7-5-8-15(11-14)17(27)25-18(20(2,3)4)26-19(23-13-21)24-16-9-6-10-22-12-16/h5-12,18H,1-4H3,(H,25,27)(H2,23,24,26). The van der Waals surface area contributed by atoms with Gasteiger partial charge in [-0.3, -0.25) is 15.1 Å². The molecule has 1 amide bonds. The molecule has 3 N–H and O–H groups in total. The molecule has 0 fully saturated rings. The molecule has 2 rings (SSSR count). The van der Waals surface area contributed by atoms with Crippen molar-refractivity contribution in [1.29, 1.82) is 5.26 Å². The van der Waals surface area contributed by atoms with Crippen LogP contribution in [0.1, 0.15) is 36.7 Å². The molecule has 140 valence electrons. The molecule has 1 unspecified atom stereocenters. The van der Waals surface area contributed by atoms with Crippen LogP contribution in [0.25, 0.3) is 0 Å². The van der Waals surface area contributed by atoms with E-state index < -0.39 is 6.17 Å². The molecule has 1 aromatic carbocycles. The number of aromatic nitrogens is 1. The molecule has 1 aromatic heterocycles. The molecule has 0 saturated heterocycles. The molecule has 1 atom stereocenters. The molecule has 0 radical (unpaired) electrons. The number of hydrogen-bond acceptors (Lipinski definition) is 4. The van der Waals surface area contributed by atoms with E-state index in [9.17, 15) is 4.79 Å². The first kappa shape index (κ1) is 19.9. The largest absolute Gasteiger partial charge is 0.330 e. The van der Waals surface area contributed by atoms with E-state index in [1.165, 1.54) is 0 Å². The number of guanidine groups is 1. The molecule has 0 aliphatic rings. The molecule has 0 aliphatic heterocycles. The van der Waals surface area contributed by atoms with Gasteiger partial charge in [0, 0.05) is 17.2 Å². The van der Waals surface area contributed by atoms with Crippen molar-refractivity contribution in [1.82, 2.24) is 15.6 Å². The summed E-state index contributed by atoms with van der Waals surface area (Å²) in [5.41, 5.74) is 1.87. The molecular formula is C20H24N6O. The van der Waals surface area contributed by atoms with Crippen LogP contribution in [0.2, 0.25) is 0 Å². The Morgan fingerprint density at radius 1 is 1.26 bits per heavy atom. The first-order valence-corrected chi connectivity index (χ1v) is 8.57. The maximum atomic E-state index is 12.7. The van der Waals surface area contributed by atoms with Crippen molar-refractivity contribution in [2.45, 2.75) is 33.9 Å². The van der Waals surface area contributed by atoms with Crippen LogP contribution in [0.4, 0.5) is 5.69 Å². The lowest BCUT2D eigenvalue weighted by Crippen LogP contribution is -2.44. The highest BCUT2D eigenvalue weighted by molar-refractivity contribution is 5.96. The lowest BCUT2D eigenvalue weighted by molar-refractivity contribution is 0.0906. The zero-order valence-corrected chi connectivity index (χ0v) is 15.9. The van der Waals surface area contributed by atoms with E-state index in [2.05, 4.69) is 25.9 Å². The van der Waals surface area contributed by atoms with Gasteiger partial charge in [0.15, 0.2) is 6.19 Å². The van der Waals surface area contributed by atoms with Crippen LogP contribution in [-0.4, -0.2) is 23.0 Å². The summed E-state index contributed by atoms with van der Waals surface area (Å²) in [6.07, 6.45) is 4.57. The van der Waals surface area contributed by atoms with E-state index in [0.29, 0.717) is 11.3 Å². The molecule has 2 aromatic rings. The average Bonchev–Trinajstić information content (AvgIpc) is 2.61. The van der Waals surface area contributed by atoms with Crippen molar-refractivity contribution in [3.63, 3.8) is 0 Å². The molecule has 7 heteroatoms. The Labute approximate surface area is 159 Å². The summed E-state index contributed by atoms with van der Waals surface area (Å²) in [6.45, 7) is 7.83. The van der Waals surface area contributed by atoms with E-state index >= 15 is 0 Å². The molecule has 0 bridgehead atoms. The number of anilines is 1. The third kappa shape index (κ3) is 6.12. The molecule has 0 saturated carbocycles. The zero-order valence-electron chi connectivity index (χ0n) is 15.9. The summed E-state index contributed by atoms with van der Waals surface area (Å²) in [5, 5.41) is 17.5. The number of hydrogen-bond donors (Lipinski definition) is 3. The van der Waals surface area contributed by atoms with E-state index in [0.717, 1.165) is 5.56 Å². The van der Waals surface area contributed by atoms with Gasteiger partial charge in [0.25, 0.3) is 5.91 Å². The summed E-state index contributed by atoms with van der Waals surface area (Å²) in [6, 6.07) is 10.9. The molecule has 27 heavy (non-hydrogen) atoms. The number of rotatable bonds is 4. The summed E-state index contributed by atoms with van der Waals surface area (Å²) in [7, 11) is 0. The van der Waals surface area contributed by atoms with Crippen molar-refractivity contribution < 1.29 is 4.79 Å². The van der Waals surface area contributed by atoms with Crippen molar-refractivity contribution in [2.75, 3.05) is 5.32 Å². The summed E-state index contributed by atoms with van der Waals surface area (Å²) >= 11 is 0. The van der Waals surface area contributed by atoms with Gasteiger partial charge in [0.1, 0.15) is 6.17 Å². The summed E-state index contributed by atoms with van der Waals surface area (Å²) in [5.74, 6) is 0.00928.